The van der Waals surface area contributed by atoms with Crippen LogP contribution in [0.4, 0.5) is 16.3 Å². The molecule has 0 atom stereocenters. The highest BCUT2D eigenvalue weighted by molar-refractivity contribution is 6.42. The van der Waals surface area contributed by atoms with Gasteiger partial charge in [-0.15, -0.1) is 5.10 Å². The molecule has 0 fully saturated rings. The van der Waals surface area contributed by atoms with Crippen molar-refractivity contribution < 1.29 is 14.7 Å². The van der Waals surface area contributed by atoms with E-state index < -0.39 is 12.0 Å². The molecule has 10 heteroatoms. The number of anilines is 2. The first kappa shape index (κ1) is 15.1. The Bertz CT molecular complexity index is 688. The molecule has 0 spiro atoms. The van der Waals surface area contributed by atoms with E-state index in [1.165, 1.54) is 12.3 Å². The number of aliphatic carboxylic acids is 1. The minimum atomic E-state index is -1.06. The second-order valence-corrected chi connectivity index (χ2v) is 4.72. The molecule has 2 amide bonds. The molecule has 2 rings (SSSR count). The molecule has 21 heavy (non-hydrogen) atoms. The predicted octanol–water partition coefficient (Wildman–Crippen LogP) is 2.31. The van der Waals surface area contributed by atoms with Gasteiger partial charge >= 0.3 is 12.0 Å². The van der Waals surface area contributed by atoms with E-state index in [-0.39, 0.29) is 12.4 Å². The number of nitrogens with one attached hydrogen (secondary N) is 2. The molecule has 1 heterocycles. The maximum absolute atomic E-state index is 11.7. The van der Waals surface area contributed by atoms with Crippen molar-refractivity contribution in [1.82, 2.24) is 15.0 Å². The number of carbonyl (C=O) groups excluding carboxylic acids is 1. The van der Waals surface area contributed by atoms with Gasteiger partial charge in [0.1, 0.15) is 6.54 Å². The Kier molecular flexibility index (Phi) is 4.61. The third-order valence-electron chi connectivity index (χ3n) is 2.25. The lowest BCUT2D eigenvalue weighted by molar-refractivity contribution is -0.137. The summed E-state index contributed by atoms with van der Waals surface area (Å²) >= 11 is 11.6. The second-order valence-electron chi connectivity index (χ2n) is 3.90. The molecule has 2 aromatic rings. The van der Waals surface area contributed by atoms with Crippen molar-refractivity contribution in [3.8, 4) is 0 Å². The SMILES string of the molecule is O=C(O)Cn1cc(NC(=O)Nc2ccc(Cl)c(Cl)c2)nn1. The standard InChI is InChI=1S/C11H9Cl2N5O3/c12-7-2-1-6(3-8(7)13)14-11(21)15-9-4-18(17-16-9)5-10(19)20/h1-4H,5H2,(H,19,20)(H2,14,15,21). The summed E-state index contributed by atoms with van der Waals surface area (Å²) < 4.78 is 1.08. The number of hydrogen-bond acceptors (Lipinski definition) is 4. The van der Waals surface area contributed by atoms with Crippen molar-refractivity contribution in [2.45, 2.75) is 6.54 Å². The van der Waals surface area contributed by atoms with Crippen LogP contribution in [0.5, 0.6) is 0 Å². The van der Waals surface area contributed by atoms with Gasteiger partial charge in [0, 0.05) is 5.69 Å². The van der Waals surface area contributed by atoms with Crippen LogP contribution >= 0.6 is 23.2 Å². The molecule has 1 aromatic carbocycles. The van der Waals surface area contributed by atoms with Crippen LogP contribution in [-0.2, 0) is 11.3 Å². The molecule has 0 bridgehead atoms. The van der Waals surface area contributed by atoms with E-state index in [2.05, 4.69) is 20.9 Å². The number of hydrogen-bond donors (Lipinski definition) is 3. The number of halogens is 2. The number of benzene rings is 1. The number of urea groups is 1. The number of amides is 2. The van der Waals surface area contributed by atoms with Crippen LogP contribution in [0.25, 0.3) is 0 Å². The molecule has 3 N–H and O–H groups in total. The summed E-state index contributed by atoms with van der Waals surface area (Å²) in [5.74, 6) is -0.944. The van der Waals surface area contributed by atoms with Crippen LogP contribution in [0, 0.1) is 0 Å². The maximum atomic E-state index is 11.7. The summed E-state index contributed by atoms with van der Waals surface area (Å²) in [6, 6.07) is 4.04. The first-order chi connectivity index (χ1) is 9.94. The van der Waals surface area contributed by atoms with Gasteiger partial charge in [0.15, 0.2) is 5.82 Å². The highest BCUT2D eigenvalue weighted by atomic mass is 35.5. The van der Waals surface area contributed by atoms with Gasteiger partial charge in [-0.25, -0.2) is 9.48 Å². The summed E-state index contributed by atoms with van der Waals surface area (Å²) in [6.07, 6.45) is 1.29. The summed E-state index contributed by atoms with van der Waals surface area (Å²) in [7, 11) is 0. The van der Waals surface area contributed by atoms with Crippen molar-refractivity contribution >= 4 is 46.7 Å². The fourth-order valence-electron chi connectivity index (χ4n) is 1.42. The number of nitrogens with zero attached hydrogens (tertiary/aromatic N) is 3. The third-order valence-corrected chi connectivity index (χ3v) is 2.99. The number of carboxylic acids is 1. The van der Waals surface area contributed by atoms with E-state index in [1.54, 1.807) is 12.1 Å². The van der Waals surface area contributed by atoms with E-state index in [0.29, 0.717) is 15.7 Å². The molecule has 0 aliphatic heterocycles. The number of rotatable bonds is 4. The van der Waals surface area contributed by atoms with Crippen molar-refractivity contribution in [3.63, 3.8) is 0 Å². The molecular weight excluding hydrogens is 321 g/mol. The van der Waals surface area contributed by atoms with E-state index in [1.807, 2.05) is 0 Å². The van der Waals surface area contributed by atoms with Crippen LogP contribution < -0.4 is 10.6 Å². The molecule has 8 nitrogen and oxygen atoms in total. The van der Waals surface area contributed by atoms with Crippen LogP contribution in [0.15, 0.2) is 24.4 Å². The quantitative estimate of drug-likeness (QED) is 0.797. The molecular formula is C11H9Cl2N5O3. The monoisotopic (exact) mass is 329 g/mol. The summed E-state index contributed by atoms with van der Waals surface area (Å²) in [5.41, 5.74) is 0.444. The topological polar surface area (TPSA) is 109 Å². The normalized spacial score (nSPS) is 10.2. The van der Waals surface area contributed by atoms with E-state index in [4.69, 9.17) is 28.3 Å². The van der Waals surface area contributed by atoms with Gasteiger partial charge in [-0.3, -0.25) is 10.1 Å². The summed E-state index contributed by atoms with van der Waals surface area (Å²) in [4.78, 5) is 22.2. The zero-order chi connectivity index (χ0) is 15.4. The fraction of sp³-hybridized carbons (Fsp3) is 0.0909. The Hall–Kier alpha value is -2.32. The zero-order valence-corrected chi connectivity index (χ0v) is 11.9. The van der Waals surface area contributed by atoms with Crippen molar-refractivity contribution in [2.75, 3.05) is 10.6 Å². The fourth-order valence-corrected chi connectivity index (χ4v) is 1.72. The number of aromatic nitrogens is 3. The van der Waals surface area contributed by atoms with Crippen LogP contribution in [0.2, 0.25) is 10.0 Å². The maximum Gasteiger partial charge on any atom is 0.325 e. The molecule has 0 aliphatic rings. The molecule has 110 valence electrons. The molecule has 1 aromatic heterocycles. The second kappa shape index (κ2) is 6.42. The first-order valence-electron chi connectivity index (χ1n) is 5.59. The lowest BCUT2D eigenvalue weighted by Crippen LogP contribution is -2.19. The Labute approximate surface area is 128 Å². The van der Waals surface area contributed by atoms with Gasteiger partial charge in [0.25, 0.3) is 0 Å². The summed E-state index contributed by atoms with van der Waals surface area (Å²) in [5, 5.41) is 21.4. The van der Waals surface area contributed by atoms with E-state index >= 15 is 0 Å². The van der Waals surface area contributed by atoms with Gasteiger partial charge in [0.05, 0.1) is 16.2 Å². The van der Waals surface area contributed by atoms with E-state index in [9.17, 15) is 9.59 Å². The average molecular weight is 330 g/mol. The number of carbonyl (C=O) groups is 2. The van der Waals surface area contributed by atoms with Gasteiger partial charge in [-0.2, -0.15) is 0 Å². The Balaban J connectivity index is 1.96. The average Bonchev–Trinajstić information content (AvgIpc) is 2.80. The van der Waals surface area contributed by atoms with Crippen molar-refractivity contribution in [1.29, 1.82) is 0 Å². The third kappa shape index (κ3) is 4.33. The zero-order valence-electron chi connectivity index (χ0n) is 10.4. The Morgan fingerprint density at radius 1 is 1.24 bits per heavy atom. The summed E-state index contributed by atoms with van der Waals surface area (Å²) in [6.45, 7) is -0.344. The molecule has 0 saturated heterocycles. The van der Waals surface area contributed by atoms with Gasteiger partial charge in [-0.1, -0.05) is 28.4 Å². The van der Waals surface area contributed by atoms with Gasteiger partial charge in [0.2, 0.25) is 0 Å². The Morgan fingerprint density at radius 3 is 2.67 bits per heavy atom. The molecule has 0 unspecified atom stereocenters. The van der Waals surface area contributed by atoms with Crippen molar-refractivity contribution in [3.05, 3.63) is 34.4 Å². The molecule has 0 saturated carbocycles. The minimum Gasteiger partial charge on any atom is -0.480 e. The lowest BCUT2D eigenvalue weighted by atomic mass is 10.3. The number of carboxylic acid groups (broad SMARTS) is 1. The van der Waals surface area contributed by atoms with Crippen LogP contribution in [0.3, 0.4) is 0 Å². The van der Waals surface area contributed by atoms with Crippen molar-refractivity contribution in [2.24, 2.45) is 0 Å². The molecule has 0 aliphatic carbocycles. The van der Waals surface area contributed by atoms with Gasteiger partial charge in [-0.05, 0) is 18.2 Å². The highest BCUT2D eigenvalue weighted by Crippen LogP contribution is 2.24. The first-order valence-corrected chi connectivity index (χ1v) is 6.34. The lowest BCUT2D eigenvalue weighted by Gasteiger charge is -2.06. The van der Waals surface area contributed by atoms with E-state index in [0.717, 1.165) is 4.68 Å². The Morgan fingerprint density at radius 2 is 2.00 bits per heavy atom. The minimum absolute atomic E-state index is 0.119. The largest absolute Gasteiger partial charge is 0.480 e. The van der Waals surface area contributed by atoms with Crippen LogP contribution in [-0.4, -0.2) is 32.1 Å². The smallest absolute Gasteiger partial charge is 0.325 e. The molecule has 0 radical (unpaired) electrons. The van der Waals surface area contributed by atoms with Crippen LogP contribution in [0.1, 0.15) is 0 Å². The predicted molar refractivity (Wildman–Crippen MR) is 76.8 cm³/mol. The highest BCUT2D eigenvalue weighted by Gasteiger charge is 2.08. The van der Waals surface area contributed by atoms with Gasteiger partial charge < -0.3 is 10.4 Å².